The van der Waals surface area contributed by atoms with Crippen LogP contribution in [0.2, 0.25) is 5.02 Å². The monoisotopic (exact) mass is 499 g/mol. The van der Waals surface area contributed by atoms with Crippen LogP contribution in [0, 0.1) is 12.8 Å². The van der Waals surface area contributed by atoms with Gasteiger partial charge in [0.05, 0.1) is 15.6 Å². The SMILES string of the molecule is Cc1ccc(NC(=O)C(NC(=O)c2ccccc2)C(C)C)cc1S(=O)(=O)Nc1ccccc1Cl. The van der Waals surface area contributed by atoms with E-state index in [1.807, 2.05) is 13.8 Å². The highest BCUT2D eigenvalue weighted by Crippen LogP contribution is 2.27. The molecule has 0 saturated heterocycles. The van der Waals surface area contributed by atoms with Crippen molar-refractivity contribution in [1.29, 1.82) is 0 Å². The molecule has 0 aromatic heterocycles. The summed E-state index contributed by atoms with van der Waals surface area (Å²) in [6.07, 6.45) is 0. The van der Waals surface area contributed by atoms with Crippen molar-refractivity contribution in [1.82, 2.24) is 5.32 Å². The molecular weight excluding hydrogens is 474 g/mol. The zero-order valence-corrected chi connectivity index (χ0v) is 20.6. The Bertz CT molecular complexity index is 1290. The molecule has 3 rings (SSSR count). The standard InChI is InChI=1S/C25H26ClN3O4S/c1-16(2)23(28-24(30)18-9-5-4-6-10-18)25(31)27-19-14-13-17(3)22(15-19)34(32,33)29-21-12-8-7-11-20(21)26/h4-16,23,29H,1-3H3,(H,27,31)(H,28,30). The topological polar surface area (TPSA) is 104 Å². The Balaban J connectivity index is 1.81. The molecular formula is C25H26ClN3O4S. The molecule has 1 atom stereocenters. The van der Waals surface area contributed by atoms with Gasteiger partial charge >= 0.3 is 0 Å². The number of hydrogen-bond donors (Lipinski definition) is 3. The Hall–Kier alpha value is -3.36. The maximum atomic E-state index is 13.0. The minimum atomic E-state index is -3.97. The number of amides is 2. The molecule has 7 nitrogen and oxygen atoms in total. The lowest BCUT2D eigenvalue weighted by Gasteiger charge is -2.22. The van der Waals surface area contributed by atoms with Gasteiger partial charge in [-0.05, 0) is 54.8 Å². The molecule has 0 radical (unpaired) electrons. The molecule has 1 unspecified atom stereocenters. The fourth-order valence-corrected chi connectivity index (χ4v) is 4.87. The third-order valence-electron chi connectivity index (χ3n) is 5.14. The lowest BCUT2D eigenvalue weighted by atomic mass is 10.0. The average molecular weight is 500 g/mol. The van der Waals surface area contributed by atoms with Gasteiger partial charge in [-0.2, -0.15) is 0 Å². The number of hydrogen-bond acceptors (Lipinski definition) is 4. The quantitative estimate of drug-likeness (QED) is 0.412. The number of carbonyl (C=O) groups is 2. The van der Waals surface area contributed by atoms with Gasteiger partial charge in [-0.3, -0.25) is 14.3 Å². The summed E-state index contributed by atoms with van der Waals surface area (Å²) in [5.74, 6) is -1.03. The van der Waals surface area contributed by atoms with Crippen molar-refractivity contribution in [3.05, 3.63) is 88.9 Å². The second kappa shape index (κ2) is 10.7. The summed E-state index contributed by atoms with van der Waals surface area (Å²) in [5, 5.41) is 5.74. The van der Waals surface area contributed by atoms with E-state index in [4.69, 9.17) is 11.6 Å². The number of para-hydroxylation sites is 1. The van der Waals surface area contributed by atoms with Gasteiger partial charge in [0.25, 0.3) is 15.9 Å². The molecule has 2 amide bonds. The maximum absolute atomic E-state index is 13.0. The normalized spacial score (nSPS) is 12.1. The second-order valence-corrected chi connectivity index (χ2v) is 10.2. The fraction of sp³-hybridized carbons (Fsp3) is 0.200. The Kier molecular flexibility index (Phi) is 7.96. The summed E-state index contributed by atoms with van der Waals surface area (Å²) in [5.41, 5.74) is 1.47. The number of aryl methyl sites for hydroxylation is 1. The van der Waals surface area contributed by atoms with Crippen LogP contribution in [0.25, 0.3) is 0 Å². The van der Waals surface area contributed by atoms with Crippen LogP contribution in [0.15, 0.2) is 77.7 Å². The second-order valence-electron chi connectivity index (χ2n) is 8.12. The predicted octanol–water partition coefficient (Wildman–Crippen LogP) is 4.84. The van der Waals surface area contributed by atoms with Gasteiger partial charge in [0.15, 0.2) is 0 Å². The predicted molar refractivity (Wildman–Crippen MR) is 135 cm³/mol. The molecule has 9 heteroatoms. The van der Waals surface area contributed by atoms with E-state index >= 15 is 0 Å². The highest BCUT2D eigenvalue weighted by molar-refractivity contribution is 7.92. The van der Waals surface area contributed by atoms with Gasteiger partial charge in [0, 0.05) is 11.3 Å². The molecule has 0 aliphatic heterocycles. The number of nitrogens with one attached hydrogen (secondary N) is 3. The van der Waals surface area contributed by atoms with Crippen LogP contribution in [-0.2, 0) is 14.8 Å². The number of rotatable bonds is 8. The lowest BCUT2D eigenvalue weighted by Crippen LogP contribution is -2.47. The van der Waals surface area contributed by atoms with Crippen LogP contribution >= 0.6 is 11.6 Å². The van der Waals surface area contributed by atoms with Crippen LogP contribution in [-0.4, -0.2) is 26.3 Å². The molecule has 0 bridgehead atoms. The van der Waals surface area contributed by atoms with Crippen LogP contribution in [0.4, 0.5) is 11.4 Å². The van der Waals surface area contributed by atoms with E-state index in [2.05, 4.69) is 15.4 Å². The highest BCUT2D eigenvalue weighted by atomic mass is 35.5. The van der Waals surface area contributed by atoms with Crippen LogP contribution in [0.1, 0.15) is 29.8 Å². The van der Waals surface area contributed by atoms with Gasteiger partial charge in [-0.15, -0.1) is 0 Å². The first-order valence-corrected chi connectivity index (χ1v) is 12.5. The van der Waals surface area contributed by atoms with Gasteiger partial charge in [-0.1, -0.05) is 61.8 Å². The van der Waals surface area contributed by atoms with Crippen molar-refractivity contribution in [3.63, 3.8) is 0 Å². The Labute approximate surface area is 204 Å². The summed E-state index contributed by atoms with van der Waals surface area (Å²) < 4.78 is 28.5. The Morgan fingerprint density at radius 3 is 2.21 bits per heavy atom. The smallest absolute Gasteiger partial charge is 0.262 e. The van der Waals surface area contributed by atoms with Crippen molar-refractivity contribution < 1.29 is 18.0 Å². The molecule has 0 aliphatic rings. The van der Waals surface area contributed by atoms with E-state index in [0.717, 1.165) is 0 Å². The average Bonchev–Trinajstić information content (AvgIpc) is 2.80. The zero-order valence-electron chi connectivity index (χ0n) is 19.0. The summed E-state index contributed by atoms with van der Waals surface area (Å²) >= 11 is 6.09. The fourth-order valence-electron chi connectivity index (χ4n) is 3.28. The minimum absolute atomic E-state index is 0.000335. The molecule has 0 heterocycles. The molecule has 3 aromatic carbocycles. The van der Waals surface area contributed by atoms with E-state index in [1.165, 1.54) is 6.07 Å². The first-order chi connectivity index (χ1) is 16.1. The van der Waals surface area contributed by atoms with Crippen molar-refractivity contribution in [2.45, 2.75) is 31.7 Å². The number of anilines is 2. The molecule has 0 aliphatic carbocycles. The number of benzene rings is 3. The van der Waals surface area contributed by atoms with Gasteiger partial charge in [-0.25, -0.2) is 8.42 Å². The van der Waals surface area contributed by atoms with Crippen LogP contribution < -0.4 is 15.4 Å². The summed E-state index contributed by atoms with van der Waals surface area (Å²) in [7, 11) is -3.97. The Morgan fingerprint density at radius 2 is 1.56 bits per heavy atom. The van der Waals surface area contributed by atoms with Crippen molar-refractivity contribution in [2.24, 2.45) is 5.92 Å². The summed E-state index contributed by atoms with van der Waals surface area (Å²) in [6.45, 7) is 5.28. The van der Waals surface area contributed by atoms with Gasteiger partial charge in [0.2, 0.25) is 5.91 Å². The largest absolute Gasteiger partial charge is 0.340 e. The molecule has 0 spiro atoms. The minimum Gasteiger partial charge on any atom is -0.340 e. The summed E-state index contributed by atoms with van der Waals surface area (Å²) in [4.78, 5) is 25.6. The van der Waals surface area contributed by atoms with E-state index in [9.17, 15) is 18.0 Å². The number of halogens is 1. The van der Waals surface area contributed by atoms with E-state index < -0.39 is 22.0 Å². The van der Waals surface area contributed by atoms with Crippen molar-refractivity contribution >= 4 is 44.8 Å². The number of sulfonamides is 1. The third-order valence-corrected chi connectivity index (χ3v) is 6.97. The number of carbonyl (C=O) groups excluding carboxylic acids is 2. The molecule has 0 saturated carbocycles. The zero-order chi connectivity index (χ0) is 24.9. The Morgan fingerprint density at radius 1 is 0.912 bits per heavy atom. The summed E-state index contributed by atoms with van der Waals surface area (Å²) in [6, 6.07) is 18.9. The van der Waals surface area contributed by atoms with E-state index in [0.29, 0.717) is 11.1 Å². The maximum Gasteiger partial charge on any atom is 0.262 e. The molecule has 0 fully saturated rings. The van der Waals surface area contributed by atoms with Gasteiger partial charge in [0.1, 0.15) is 6.04 Å². The van der Waals surface area contributed by atoms with E-state index in [-0.39, 0.29) is 33.1 Å². The first kappa shape index (κ1) is 25.3. The van der Waals surface area contributed by atoms with Gasteiger partial charge < -0.3 is 10.6 Å². The third kappa shape index (κ3) is 6.15. The lowest BCUT2D eigenvalue weighted by molar-refractivity contribution is -0.118. The molecule has 3 aromatic rings. The molecule has 3 N–H and O–H groups in total. The van der Waals surface area contributed by atoms with E-state index in [1.54, 1.807) is 73.7 Å². The molecule has 178 valence electrons. The van der Waals surface area contributed by atoms with Crippen LogP contribution in [0.5, 0.6) is 0 Å². The first-order valence-electron chi connectivity index (χ1n) is 10.6. The van der Waals surface area contributed by atoms with Crippen LogP contribution in [0.3, 0.4) is 0 Å². The van der Waals surface area contributed by atoms with Crippen molar-refractivity contribution in [3.8, 4) is 0 Å². The van der Waals surface area contributed by atoms with Crippen molar-refractivity contribution in [2.75, 3.05) is 10.0 Å². The highest BCUT2D eigenvalue weighted by Gasteiger charge is 2.26. The molecule has 34 heavy (non-hydrogen) atoms.